The second-order valence-corrected chi connectivity index (χ2v) is 4.93. The van der Waals surface area contributed by atoms with Gasteiger partial charge >= 0.3 is 0 Å². The van der Waals surface area contributed by atoms with Gasteiger partial charge in [0.2, 0.25) is 5.75 Å². The third-order valence-electron chi connectivity index (χ3n) is 3.18. The standard InChI is InChI=1S/C16H19N3O3/c1-2-3-9-12-18-13(14(20)16(22)19-12)15(21)17-10-11-7-5-4-6-8-11/h4-8,20H,2-3,9-10H2,1H3,(H,17,21)(H,18,19,22). The third-order valence-corrected chi connectivity index (χ3v) is 3.18. The average molecular weight is 301 g/mol. The number of benzene rings is 1. The molecule has 3 N–H and O–H groups in total. The summed E-state index contributed by atoms with van der Waals surface area (Å²) >= 11 is 0. The summed E-state index contributed by atoms with van der Waals surface area (Å²) in [5.74, 6) is -1.35. The molecule has 0 spiro atoms. The van der Waals surface area contributed by atoms with Crippen molar-refractivity contribution in [1.82, 2.24) is 15.3 Å². The van der Waals surface area contributed by atoms with Crippen LogP contribution >= 0.6 is 0 Å². The Hall–Kier alpha value is -2.63. The minimum atomic E-state index is -0.592. The molecule has 0 aliphatic carbocycles. The van der Waals surface area contributed by atoms with Gasteiger partial charge in [0, 0.05) is 13.0 Å². The number of carbonyl (C=O) groups is 1. The van der Waals surface area contributed by atoms with Crippen LogP contribution in [0.3, 0.4) is 0 Å². The molecular formula is C16H19N3O3. The first-order chi connectivity index (χ1) is 10.6. The van der Waals surface area contributed by atoms with Gasteiger partial charge in [-0.05, 0) is 12.0 Å². The lowest BCUT2D eigenvalue weighted by Crippen LogP contribution is -2.24. The normalized spacial score (nSPS) is 10.4. The van der Waals surface area contributed by atoms with Gasteiger partial charge in [-0.15, -0.1) is 0 Å². The van der Waals surface area contributed by atoms with E-state index in [0.29, 0.717) is 18.8 Å². The highest BCUT2D eigenvalue weighted by Gasteiger charge is 2.19. The maximum atomic E-state index is 12.1. The molecule has 22 heavy (non-hydrogen) atoms. The van der Waals surface area contributed by atoms with Gasteiger partial charge in [0.05, 0.1) is 0 Å². The lowest BCUT2D eigenvalue weighted by atomic mass is 10.2. The van der Waals surface area contributed by atoms with Crippen LogP contribution in [0.4, 0.5) is 0 Å². The zero-order chi connectivity index (χ0) is 15.9. The zero-order valence-corrected chi connectivity index (χ0v) is 12.4. The smallest absolute Gasteiger partial charge is 0.274 e. The fourth-order valence-electron chi connectivity index (χ4n) is 1.96. The molecule has 0 radical (unpaired) electrons. The first-order valence-corrected chi connectivity index (χ1v) is 7.22. The van der Waals surface area contributed by atoms with E-state index in [9.17, 15) is 15.0 Å². The number of aromatic hydroxyl groups is 2. The van der Waals surface area contributed by atoms with E-state index in [4.69, 9.17) is 0 Å². The van der Waals surface area contributed by atoms with E-state index in [0.717, 1.165) is 18.4 Å². The van der Waals surface area contributed by atoms with E-state index >= 15 is 0 Å². The Labute approximate surface area is 128 Å². The monoisotopic (exact) mass is 301 g/mol. The quantitative estimate of drug-likeness (QED) is 0.760. The molecule has 0 bridgehead atoms. The second-order valence-electron chi connectivity index (χ2n) is 4.93. The van der Waals surface area contributed by atoms with Crippen molar-refractivity contribution in [2.45, 2.75) is 32.7 Å². The fraction of sp³-hybridized carbons (Fsp3) is 0.312. The van der Waals surface area contributed by atoms with Crippen LogP contribution in [-0.4, -0.2) is 26.1 Å². The lowest BCUT2D eigenvalue weighted by molar-refractivity contribution is 0.0941. The van der Waals surface area contributed by atoms with Gasteiger partial charge in [-0.25, -0.2) is 4.98 Å². The first-order valence-electron chi connectivity index (χ1n) is 7.22. The summed E-state index contributed by atoms with van der Waals surface area (Å²) in [5, 5.41) is 22.1. The number of unbranched alkanes of at least 4 members (excludes halogenated alkanes) is 1. The Morgan fingerprint density at radius 2 is 1.91 bits per heavy atom. The van der Waals surface area contributed by atoms with E-state index in [1.807, 2.05) is 37.3 Å². The van der Waals surface area contributed by atoms with E-state index in [2.05, 4.69) is 15.3 Å². The van der Waals surface area contributed by atoms with Crippen molar-refractivity contribution >= 4 is 5.91 Å². The second kappa shape index (κ2) is 7.40. The lowest BCUT2D eigenvalue weighted by Gasteiger charge is -2.09. The first kappa shape index (κ1) is 15.8. The van der Waals surface area contributed by atoms with Crippen LogP contribution in [0.25, 0.3) is 0 Å². The molecule has 0 atom stereocenters. The largest absolute Gasteiger partial charge is 0.501 e. The molecule has 0 fully saturated rings. The molecule has 1 amide bonds. The molecule has 6 nitrogen and oxygen atoms in total. The Morgan fingerprint density at radius 1 is 1.18 bits per heavy atom. The molecule has 1 aromatic heterocycles. The number of amides is 1. The van der Waals surface area contributed by atoms with Gasteiger partial charge in [0.1, 0.15) is 5.82 Å². The number of nitrogens with one attached hydrogen (secondary N) is 1. The average Bonchev–Trinajstić information content (AvgIpc) is 2.54. The van der Waals surface area contributed by atoms with E-state index in [1.54, 1.807) is 0 Å². The number of rotatable bonds is 6. The van der Waals surface area contributed by atoms with Crippen LogP contribution in [0.2, 0.25) is 0 Å². The topological polar surface area (TPSA) is 95.3 Å². The molecule has 0 saturated carbocycles. The number of aryl methyl sites for hydroxylation is 1. The molecule has 0 saturated heterocycles. The Balaban J connectivity index is 2.12. The molecule has 0 unspecified atom stereocenters. The molecule has 6 heteroatoms. The van der Waals surface area contributed by atoms with Gasteiger partial charge in [0.15, 0.2) is 5.69 Å². The van der Waals surface area contributed by atoms with Crippen molar-refractivity contribution < 1.29 is 15.0 Å². The predicted octanol–water partition coefficient (Wildman–Crippen LogP) is 2.16. The van der Waals surface area contributed by atoms with Crippen LogP contribution in [0.15, 0.2) is 30.3 Å². The van der Waals surface area contributed by atoms with E-state index in [1.165, 1.54) is 0 Å². The maximum absolute atomic E-state index is 12.1. The zero-order valence-electron chi connectivity index (χ0n) is 12.4. The number of carbonyl (C=O) groups excluding carboxylic acids is 1. The molecule has 0 aliphatic rings. The maximum Gasteiger partial charge on any atom is 0.274 e. The number of nitrogens with zero attached hydrogens (tertiary/aromatic N) is 2. The van der Waals surface area contributed by atoms with Crippen LogP contribution in [0.5, 0.6) is 11.6 Å². The Morgan fingerprint density at radius 3 is 2.59 bits per heavy atom. The SMILES string of the molecule is CCCCc1nc(O)c(O)c(C(=O)NCc2ccccc2)n1. The van der Waals surface area contributed by atoms with Gasteiger partial charge < -0.3 is 15.5 Å². The highest BCUT2D eigenvalue weighted by Crippen LogP contribution is 2.25. The highest BCUT2D eigenvalue weighted by molar-refractivity contribution is 5.95. The third kappa shape index (κ3) is 3.94. The molecule has 1 heterocycles. The predicted molar refractivity (Wildman–Crippen MR) is 81.6 cm³/mol. The number of hydrogen-bond donors (Lipinski definition) is 3. The summed E-state index contributed by atoms with van der Waals surface area (Å²) < 4.78 is 0. The summed E-state index contributed by atoms with van der Waals surface area (Å²) in [5.41, 5.74) is 0.731. The van der Waals surface area contributed by atoms with Crippen LogP contribution < -0.4 is 5.32 Å². The van der Waals surface area contributed by atoms with Crippen molar-refractivity contribution in [3.63, 3.8) is 0 Å². The minimum absolute atomic E-state index is 0.200. The van der Waals surface area contributed by atoms with Gasteiger partial charge in [-0.1, -0.05) is 43.7 Å². The summed E-state index contributed by atoms with van der Waals surface area (Å²) in [4.78, 5) is 20.0. The van der Waals surface area contributed by atoms with Crippen molar-refractivity contribution in [2.24, 2.45) is 0 Å². The van der Waals surface area contributed by atoms with Crippen LogP contribution in [0, 0.1) is 0 Å². The minimum Gasteiger partial charge on any atom is -0.501 e. The molecule has 0 aliphatic heterocycles. The highest BCUT2D eigenvalue weighted by atomic mass is 16.3. The number of hydrogen-bond acceptors (Lipinski definition) is 5. The van der Waals surface area contributed by atoms with E-state index < -0.39 is 17.5 Å². The summed E-state index contributed by atoms with van der Waals surface area (Å²) in [6.45, 7) is 2.34. The fourth-order valence-corrected chi connectivity index (χ4v) is 1.96. The van der Waals surface area contributed by atoms with E-state index in [-0.39, 0.29) is 5.69 Å². The molecule has 2 aromatic rings. The van der Waals surface area contributed by atoms with Crippen LogP contribution in [-0.2, 0) is 13.0 Å². The van der Waals surface area contributed by atoms with Gasteiger partial charge in [-0.2, -0.15) is 4.98 Å². The molecular weight excluding hydrogens is 282 g/mol. The van der Waals surface area contributed by atoms with Crippen molar-refractivity contribution in [2.75, 3.05) is 0 Å². The molecule has 1 aromatic carbocycles. The van der Waals surface area contributed by atoms with Crippen LogP contribution in [0.1, 0.15) is 41.6 Å². The summed E-state index contributed by atoms with van der Waals surface area (Å²) in [6.07, 6.45) is 2.33. The van der Waals surface area contributed by atoms with Gasteiger partial charge in [-0.3, -0.25) is 4.79 Å². The van der Waals surface area contributed by atoms with Crippen molar-refractivity contribution in [3.8, 4) is 11.6 Å². The Kier molecular flexibility index (Phi) is 5.30. The van der Waals surface area contributed by atoms with Gasteiger partial charge in [0.25, 0.3) is 11.8 Å². The summed E-state index contributed by atoms with van der Waals surface area (Å²) in [6, 6.07) is 9.39. The van der Waals surface area contributed by atoms with Crippen molar-refractivity contribution in [1.29, 1.82) is 0 Å². The Bertz CT molecular complexity index is 645. The summed E-state index contributed by atoms with van der Waals surface area (Å²) in [7, 11) is 0. The van der Waals surface area contributed by atoms with Crippen molar-refractivity contribution in [3.05, 3.63) is 47.4 Å². The number of aromatic nitrogens is 2. The molecule has 116 valence electrons. The molecule has 2 rings (SSSR count).